The first kappa shape index (κ1) is 28.7. The molecular formula is C27H36NO9P. The van der Waals surface area contributed by atoms with Crippen LogP contribution in [-0.4, -0.2) is 77.3 Å². The van der Waals surface area contributed by atoms with Gasteiger partial charge in [0.2, 0.25) is 0 Å². The summed E-state index contributed by atoms with van der Waals surface area (Å²) in [6.45, 7) is 1.55. The maximum atomic E-state index is 13.3. The van der Waals surface area contributed by atoms with Crippen LogP contribution in [0.25, 0.3) is 10.8 Å². The predicted octanol–water partition coefficient (Wildman–Crippen LogP) is 4.06. The minimum atomic E-state index is -3.90. The molecule has 1 aliphatic heterocycles. The van der Waals surface area contributed by atoms with Crippen LogP contribution in [0.2, 0.25) is 0 Å². The number of rotatable bonds is 16. The first-order valence-electron chi connectivity index (χ1n) is 12.8. The summed E-state index contributed by atoms with van der Waals surface area (Å²) in [6.07, 6.45) is 2.39. The molecule has 3 atom stereocenters. The lowest BCUT2D eigenvalue weighted by atomic mass is 9.93. The highest BCUT2D eigenvalue weighted by Crippen LogP contribution is 2.60. The lowest BCUT2D eigenvalue weighted by Gasteiger charge is -2.24. The van der Waals surface area contributed by atoms with Crippen LogP contribution >= 0.6 is 7.82 Å². The lowest BCUT2D eigenvalue weighted by molar-refractivity contribution is -0.146. The van der Waals surface area contributed by atoms with Crippen molar-refractivity contribution in [2.75, 3.05) is 60.5 Å². The Bertz CT molecular complexity index is 1130. The van der Waals surface area contributed by atoms with Crippen molar-refractivity contribution >= 4 is 30.5 Å². The van der Waals surface area contributed by atoms with E-state index in [-0.39, 0.29) is 51.0 Å². The fourth-order valence-corrected chi connectivity index (χ4v) is 6.15. The third kappa shape index (κ3) is 7.40. The second-order valence-electron chi connectivity index (χ2n) is 9.66. The van der Waals surface area contributed by atoms with Gasteiger partial charge in [0.25, 0.3) is 0 Å². The molecule has 1 saturated heterocycles. The highest BCUT2D eigenvalue weighted by molar-refractivity contribution is 7.48. The Morgan fingerprint density at radius 3 is 2.50 bits per heavy atom. The molecule has 1 heterocycles. The number of phosphoric acid groups is 1. The number of benzene rings is 2. The number of carbonyl (C=O) groups is 2. The zero-order chi connectivity index (χ0) is 27.0. The molecule has 0 amide bonds. The number of carbonyl (C=O) groups excluding carboxylic acids is 2. The van der Waals surface area contributed by atoms with E-state index in [1.165, 1.54) is 30.6 Å². The molecule has 1 aliphatic carbocycles. The molecule has 0 aromatic heterocycles. The number of phosphoric ester groups is 1. The average molecular weight is 550 g/mol. The van der Waals surface area contributed by atoms with Gasteiger partial charge in [-0.05, 0) is 41.5 Å². The second kappa shape index (κ2) is 13.2. The summed E-state index contributed by atoms with van der Waals surface area (Å²) < 4.78 is 44.4. The van der Waals surface area contributed by atoms with E-state index >= 15 is 0 Å². The van der Waals surface area contributed by atoms with Crippen molar-refractivity contribution in [3.63, 3.8) is 0 Å². The Morgan fingerprint density at radius 1 is 0.947 bits per heavy atom. The summed E-state index contributed by atoms with van der Waals surface area (Å²) in [7, 11) is -1.29. The third-order valence-electron chi connectivity index (χ3n) is 7.12. The van der Waals surface area contributed by atoms with Crippen molar-refractivity contribution in [1.82, 2.24) is 4.90 Å². The number of likely N-dealkylation sites (tertiary alicyclic amines) is 1. The number of nitrogens with zero attached hydrogens (tertiary/aromatic N) is 1. The van der Waals surface area contributed by atoms with E-state index in [2.05, 4.69) is 50.8 Å². The number of unbranched alkanes of at least 4 members (excludes halogenated alkanes) is 1. The van der Waals surface area contributed by atoms with Crippen LogP contribution in [0, 0.1) is 5.92 Å². The number of piperidine rings is 1. The van der Waals surface area contributed by atoms with Crippen LogP contribution in [0.3, 0.4) is 0 Å². The molecule has 1 unspecified atom stereocenters. The van der Waals surface area contributed by atoms with Gasteiger partial charge in [-0.3, -0.25) is 23.3 Å². The molecule has 208 valence electrons. The van der Waals surface area contributed by atoms with Gasteiger partial charge in [0, 0.05) is 24.9 Å². The molecule has 11 heteroatoms. The molecule has 0 spiro atoms. The molecule has 2 fully saturated rings. The maximum absolute atomic E-state index is 13.3. The van der Waals surface area contributed by atoms with Gasteiger partial charge in [-0.1, -0.05) is 42.5 Å². The quantitative estimate of drug-likeness (QED) is 0.173. The highest BCUT2D eigenvalue weighted by atomic mass is 31.2. The van der Waals surface area contributed by atoms with E-state index in [9.17, 15) is 14.2 Å². The number of hydrogen-bond donors (Lipinski definition) is 0. The van der Waals surface area contributed by atoms with E-state index in [1.807, 2.05) is 6.07 Å². The first-order chi connectivity index (χ1) is 18.4. The number of ether oxygens (including phenoxy) is 3. The summed E-state index contributed by atoms with van der Waals surface area (Å²) in [4.78, 5) is 24.6. The van der Waals surface area contributed by atoms with Gasteiger partial charge in [-0.15, -0.1) is 0 Å². The zero-order valence-corrected chi connectivity index (χ0v) is 22.9. The molecule has 10 nitrogen and oxygen atoms in total. The first-order valence-corrected chi connectivity index (χ1v) is 14.3. The lowest BCUT2D eigenvalue weighted by Crippen LogP contribution is -2.29. The van der Waals surface area contributed by atoms with Crippen molar-refractivity contribution < 1.29 is 41.9 Å². The molecule has 0 bridgehead atoms. The van der Waals surface area contributed by atoms with Crippen molar-refractivity contribution in [3.8, 4) is 0 Å². The number of methoxy groups -OCH3 is 2. The van der Waals surface area contributed by atoms with Crippen molar-refractivity contribution in [3.05, 3.63) is 48.0 Å². The minimum absolute atomic E-state index is 0.0189. The molecule has 4 rings (SSSR count). The Kier molecular flexibility index (Phi) is 9.92. The van der Waals surface area contributed by atoms with Crippen molar-refractivity contribution in [1.29, 1.82) is 0 Å². The summed E-state index contributed by atoms with van der Waals surface area (Å²) in [5.74, 6) is -0.297. The van der Waals surface area contributed by atoms with Crippen molar-refractivity contribution in [2.45, 2.75) is 31.1 Å². The van der Waals surface area contributed by atoms with Gasteiger partial charge in [0.15, 0.2) is 0 Å². The van der Waals surface area contributed by atoms with Gasteiger partial charge >= 0.3 is 19.8 Å². The number of fused-ring (bicyclic) bond motifs is 2. The number of esters is 2. The zero-order valence-electron chi connectivity index (χ0n) is 22.0. The molecule has 38 heavy (non-hydrogen) atoms. The van der Waals surface area contributed by atoms with E-state index in [1.54, 1.807) is 0 Å². The fraction of sp³-hybridized carbons (Fsp3) is 0.556. The Labute approximate surface area is 223 Å². The molecular weight excluding hydrogens is 513 g/mol. The van der Waals surface area contributed by atoms with Gasteiger partial charge in [-0.2, -0.15) is 0 Å². The van der Waals surface area contributed by atoms with Crippen LogP contribution in [0.1, 0.15) is 31.2 Å². The maximum Gasteiger partial charge on any atom is 0.476 e. The van der Waals surface area contributed by atoms with E-state index < -0.39 is 13.8 Å². The van der Waals surface area contributed by atoms with Gasteiger partial charge in [0.05, 0.1) is 34.0 Å². The largest absolute Gasteiger partial charge is 0.476 e. The third-order valence-corrected chi connectivity index (χ3v) is 8.55. The molecule has 2 aromatic rings. The van der Waals surface area contributed by atoms with E-state index in [0.29, 0.717) is 18.8 Å². The van der Waals surface area contributed by atoms with Gasteiger partial charge in [-0.25, -0.2) is 9.36 Å². The van der Waals surface area contributed by atoms with Crippen molar-refractivity contribution in [2.24, 2.45) is 5.92 Å². The highest BCUT2D eigenvalue weighted by Gasteiger charge is 2.60. The second-order valence-corrected chi connectivity index (χ2v) is 11.3. The van der Waals surface area contributed by atoms with E-state index in [0.717, 1.165) is 19.5 Å². The minimum Gasteiger partial charge on any atom is -0.469 e. The molecule has 0 radical (unpaired) electrons. The fourth-order valence-electron chi connectivity index (χ4n) is 4.97. The van der Waals surface area contributed by atoms with Gasteiger partial charge < -0.3 is 14.2 Å². The normalized spacial score (nSPS) is 22.1. The summed E-state index contributed by atoms with van der Waals surface area (Å²) in [5, 5.41) is 2.45. The Balaban J connectivity index is 1.29. The smallest absolute Gasteiger partial charge is 0.469 e. The van der Waals surface area contributed by atoms with Gasteiger partial charge in [0.1, 0.15) is 13.3 Å². The van der Waals surface area contributed by atoms with Crippen LogP contribution in [0.15, 0.2) is 42.5 Å². The molecule has 2 aliphatic rings. The summed E-state index contributed by atoms with van der Waals surface area (Å²) in [5.41, 5.74) is 1.42. The van der Waals surface area contributed by atoms with Crippen LogP contribution in [-0.2, 0) is 47.4 Å². The monoisotopic (exact) mass is 549 g/mol. The SMILES string of the molecule is COC(=O)CCCCOP(=O)(OCCOCC(=O)OC)OCN1C[C@H]2C[C@@]2(c2ccc3ccccc3c2)C1. The molecule has 1 saturated carbocycles. The number of hydrogen-bond acceptors (Lipinski definition) is 10. The van der Waals surface area contributed by atoms with E-state index in [4.69, 9.17) is 18.3 Å². The Hall–Kier alpha value is -2.33. The summed E-state index contributed by atoms with van der Waals surface area (Å²) >= 11 is 0. The molecule has 0 N–H and O–H groups in total. The Morgan fingerprint density at radius 2 is 1.71 bits per heavy atom. The molecule has 2 aromatic carbocycles. The topological polar surface area (TPSA) is 110 Å². The summed E-state index contributed by atoms with van der Waals surface area (Å²) in [6, 6.07) is 15.0. The van der Waals surface area contributed by atoms with Crippen LogP contribution < -0.4 is 0 Å². The van der Waals surface area contributed by atoms with Crippen LogP contribution in [0.5, 0.6) is 0 Å². The standard InChI is InChI=1S/C27H36NO9P/c1-32-25(29)9-5-6-12-35-38(31,36-14-13-34-18-26(30)33-2)37-20-28-17-24-16-27(24,19-28)23-11-10-21-7-3-4-8-22(21)15-23/h3-4,7-8,10-11,15,24H,5-6,9,12-14,16-20H2,1-2H3/t24-,27+,38?/m1/s1. The average Bonchev–Trinajstić information content (AvgIpc) is 3.51. The predicted molar refractivity (Wildman–Crippen MR) is 139 cm³/mol. The van der Waals surface area contributed by atoms with Crippen LogP contribution in [0.4, 0.5) is 0 Å².